The van der Waals surface area contributed by atoms with Crippen molar-refractivity contribution in [2.75, 3.05) is 44.2 Å². The lowest BCUT2D eigenvalue weighted by Gasteiger charge is -2.38. The zero-order valence-electron chi connectivity index (χ0n) is 16.9. The van der Waals surface area contributed by atoms with Gasteiger partial charge < -0.3 is 15.1 Å². The lowest BCUT2D eigenvalue weighted by Crippen LogP contribution is -2.52. The highest BCUT2D eigenvalue weighted by atomic mass is 127. The van der Waals surface area contributed by atoms with E-state index in [2.05, 4.69) is 52.4 Å². The Morgan fingerprint density at radius 3 is 2.64 bits per heavy atom. The maximum atomic E-state index is 6.19. The zero-order valence-corrected chi connectivity index (χ0v) is 19.9. The third-order valence-electron chi connectivity index (χ3n) is 4.85. The number of aliphatic imine (C=N–C) groups is 1. The second-order valence-electron chi connectivity index (χ2n) is 6.91. The van der Waals surface area contributed by atoms with Crippen LogP contribution in [0.15, 0.2) is 35.6 Å². The van der Waals surface area contributed by atoms with Gasteiger partial charge in [0, 0.05) is 63.2 Å². The summed E-state index contributed by atoms with van der Waals surface area (Å²) < 4.78 is 1.83. The number of piperazine rings is 1. The molecule has 1 aromatic heterocycles. The average molecular weight is 517 g/mol. The maximum absolute atomic E-state index is 6.19. The molecule has 0 aliphatic carbocycles. The molecule has 2 heterocycles. The Hall–Kier alpha value is -1.48. The summed E-state index contributed by atoms with van der Waals surface area (Å²) in [6.07, 6.45) is 4.87. The Morgan fingerprint density at radius 2 is 2.00 bits per heavy atom. The molecule has 0 amide bonds. The maximum Gasteiger partial charge on any atom is 0.194 e. The summed E-state index contributed by atoms with van der Waals surface area (Å²) >= 11 is 6.19. The smallest absolute Gasteiger partial charge is 0.194 e. The van der Waals surface area contributed by atoms with Gasteiger partial charge in [-0.3, -0.25) is 9.67 Å². The molecule has 0 saturated carbocycles. The van der Waals surface area contributed by atoms with Crippen LogP contribution >= 0.6 is 35.6 Å². The number of nitrogens with zero attached hydrogens (tertiary/aromatic N) is 5. The lowest BCUT2D eigenvalue weighted by atomic mass is 10.1. The number of nitrogens with one attached hydrogen (secondary N) is 1. The predicted octanol–water partition coefficient (Wildman–Crippen LogP) is 3.33. The second-order valence-corrected chi connectivity index (χ2v) is 7.35. The van der Waals surface area contributed by atoms with Crippen LogP contribution in [0, 0.1) is 6.92 Å². The molecule has 0 radical (unpaired) electrons. The van der Waals surface area contributed by atoms with Gasteiger partial charge in [0.05, 0.1) is 6.20 Å². The summed E-state index contributed by atoms with van der Waals surface area (Å²) in [4.78, 5) is 9.59. The van der Waals surface area contributed by atoms with Crippen molar-refractivity contribution >= 4 is 47.2 Å². The number of halogens is 2. The van der Waals surface area contributed by atoms with Gasteiger partial charge in [0.15, 0.2) is 5.96 Å². The molecule has 1 aliphatic rings. The van der Waals surface area contributed by atoms with E-state index in [0.717, 1.165) is 56.7 Å². The summed E-state index contributed by atoms with van der Waals surface area (Å²) in [5, 5.41) is 8.45. The van der Waals surface area contributed by atoms with Crippen molar-refractivity contribution in [3.63, 3.8) is 0 Å². The minimum atomic E-state index is 0. The molecule has 1 N–H and O–H groups in total. The van der Waals surface area contributed by atoms with Crippen LogP contribution in [0.2, 0.25) is 5.02 Å². The molecule has 0 spiro atoms. The SMILES string of the molecule is CCNC(=NCCc1cnn(C)c1)N1CCN(c2cc(Cl)ccc2C)CC1.I. The standard InChI is InChI=1S/C20H29ClN6.HI/c1-4-22-20(23-8-7-17-14-24-25(3)15-17)27-11-9-26(10-12-27)19-13-18(21)6-5-16(19)2;/h5-6,13-15H,4,7-12H2,1-3H3,(H,22,23);1H. The minimum Gasteiger partial charge on any atom is -0.368 e. The van der Waals surface area contributed by atoms with E-state index in [1.165, 1.54) is 16.8 Å². The first-order valence-electron chi connectivity index (χ1n) is 9.58. The molecule has 2 aromatic rings. The first-order chi connectivity index (χ1) is 13.1. The first-order valence-corrected chi connectivity index (χ1v) is 9.96. The average Bonchev–Trinajstić information content (AvgIpc) is 3.08. The Balaban J connectivity index is 0.00000280. The molecule has 1 aromatic carbocycles. The van der Waals surface area contributed by atoms with E-state index in [0.29, 0.717) is 0 Å². The molecule has 1 fully saturated rings. The van der Waals surface area contributed by atoms with Gasteiger partial charge in [-0.15, -0.1) is 24.0 Å². The Morgan fingerprint density at radius 1 is 1.25 bits per heavy atom. The highest BCUT2D eigenvalue weighted by molar-refractivity contribution is 14.0. The van der Waals surface area contributed by atoms with Gasteiger partial charge in [0.1, 0.15) is 0 Å². The van der Waals surface area contributed by atoms with Gasteiger partial charge in [-0.2, -0.15) is 5.10 Å². The van der Waals surface area contributed by atoms with Crippen LogP contribution in [0.5, 0.6) is 0 Å². The zero-order chi connectivity index (χ0) is 19.2. The quantitative estimate of drug-likeness (QED) is 0.376. The fourth-order valence-corrected chi connectivity index (χ4v) is 3.57. The normalized spacial score (nSPS) is 14.8. The largest absolute Gasteiger partial charge is 0.368 e. The number of anilines is 1. The molecular formula is C20H30ClIN6. The number of aromatic nitrogens is 2. The van der Waals surface area contributed by atoms with E-state index in [4.69, 9.17) is 16.6 Å². The van der Waals surface area contributed by atoms with Gasteiger partial charge in [-0.1, -0.05) is 17.7 Å². The molecule has 1 saturated heterocycles. The van der Waals surface area contributed by atoms with E-state index in [9.17, 15) is 0 Å². The Bertz CT molecular complexity index is 783. The van der Waals surface area contributed by atoms with Crippen molar-refractivity contribution in [1.82, 2.24) is 20.0 Å². The minimum absolute atomic E-state index is 0. The fraction of sp³-hybridized carbons (Fsp3) is 0.500. The molecule has 0 bridgehead atoms. The summed E-state index contributed by atoms with van der Waals surface area (Å²) in [6.45, 7) is 9.73. The van der Waals surface area contributed by atoms with Crippen molar-refractivity contribution in [3.8, 4) is 0 Å². The molecule has 0 unspecified atom stereocenters. The number of guanidine groups is 1. The summed E-state index contributed by atoms with van der Waals surface area (Å²) in [6, 6.07) is 6.11. The van der Waals surface area contributed by atoms with Gasteiger partial charge >= 0.3 is 0 Å². The van der Waals surface area contributed by atoms with Crippen molar-refractivity contribution in [2.45, 2.75) is 20.3 Å². The molecule has 3 rings (SSSR count). The van der Waals surface area contributed by atoms with E-state index in [1.54, 1.807) is 0 Å². The first kappa shape index (κ1) is 22.8. The van der Waals surface area contributed by atoms with E-state index in [1.807, 2.05) is 24.0 Å². The summed E-state index contributed by atoms with van der Waals surface area (Å²) in [5.74, 6) is 1.00. The van der Waals surface area contributed by atoms with Gasteiger partial charge in [-0.25, -0.2) is 0 Å². The molecule has 8 heteroatoms. The third kappa shape index (κ3) is 6.01. The highest BCUT2D eigenvalue weighted by Gasteiger charge is 2.20. The Kier molecular flexibility index (Phi) is 8.88. The third-order valence-corrected chi connectivity index (χ3v) is 5.08. The number of aryl methyl sites for hydroxylation is 2. The monoisotopic (exact) mass is 516 g/mol. The fourth-order valence-electron chi connectivity index (χ4n) is 3.40. The topological polar surface area (TPSA) is 48.7 Å². The predicted molar refractivity (Wildman–Crippen MR) is 128 cm³/mol. The van der Waals surface area contributed by atoms with Crippen molar-refractivity contribution in [1.29, 1.82) is 0 Å². The van der Waals surface area contributed by atoms with Crippen LogP contribution in [0.25, 0.3) is 0 Å². The molecule has 6 nitrogen and oxygen atoms in total. The summed E-state index contributed by atoms with van der Waals surface area (Å²) in [7, 11) is 1.94. The van der Waals surface area contributed by atoms with E-state index < -0.39 is 0 Å². The molecule has 28 heavy (non-hydrogen) atoms. The van der Waals surface area contributed by atoms with E-state index >= 15 is 0 Å². The lowest BCUT2D eigenvalue weighted by molar-refractivity contribution is 0.372. The van der Waals surface area contributed by atoms with Gasteiger partial charge in [-0.05, 0) is 43.5 Å². The van der Waals surface area contributed by atoms with Crippen LogP contribution in [-0.2, 0) is 13.5 Å². The van der Waals surface area contributed by atoms with Crippen molar-refractivity contribution < 1.29 is 0 Å². The second kappa shape index (κ2) is 10.9. The van der Waals surface area contributed by atoms with Crippen molar-refractivity contribution in [2.24, 2.45) is 12.0 Å². The number of rotatable bonds is 5. The Labute approximate surface area is 190 Å². The molecule has 154 valence electrons. The highest BCUT2D eigenvalue weighted by Crippen LogP contribution is 2.25. The molecular weight excluding hydrogens is 487 g/mol. The van der Waals surface area contributed by atoms with Gasteiger partial charge in [0.25, 0.3) is 0 Å². The number of benzene rings is 1. The number of hydrogen-bond acceptors (Lipinski definition) is 3. The van der Waals surface area contributed by atoms with Crippen LogP contribution in [0.3, 0.4) is 0 Å². The van der Waals surface area contributed by atoms with Crippen LogP contribution in [0.4, 0.5) is 5.69 Å². The van der Waals surface area contributed by atoms with Crippen LogP contribution < -0.4 is 10.2 Å². The van der Waals surface area contributed by atoms with Crippen LogP contribution in [0.1, 0.15) is 18.1 Å². The van der Waals surface area contributed by atoms with Crippen LogP contribution in [-0.4, -0.2) is 59.9 Å². The van der Waals surface area contributed by atoms with Crippen molar-refractivity contribution in [3.05, 3.63) is 46.7 Å². The molecule has 1 aliphatic heterocycles. The van der Waals surface area contributed by atoms with E-state index in [-0.39, 0.29) is 24.0 Å². The van der Waals surface area contributed by atoms with Gasteiger partial charge in [0.2, 0.25) is 0 Å². The number of hydrogen-bond donors (Lipinski definition) is 1. The molecule has 0 atom stereocenters. The summed E-state index contributed by atoms with van der Waals surface area (Å²) in [5.41, 5.74) is 3.73.